The van der Waals surface area contributed by atoms with Crippen molar-refractivity contribution in [3.8, 4) is 0 Å². The number of rotatable bonds is 6. The van der Waals surface area contributed by atoms with Crippen molar-refractivity contribution in [1.29, 1.82) is 0 Å². The van der Waals surface area contributed by atoms with E-state index in [1.54, 1.807) is 0 Å². The zero-order valence-corrected chi connectivity index (χ0v) is 11.8. The first-order chi connectivity index (χ1) is 8.58. The maximum absolute atomic E-state index is 11.9. The van der Waals surface area contributed by atoms with Gasteiger partial charge >= 0.3 is 0 Å². The summed E-state index contributed by atoms with van der Waals surface area (Å²) in [6.07, 6.45) is 2.26. The van der Waals surface area contributed by atoms with Gasteiger partial charge in [0.1, 0.15) is 0 Å². The number of hydrogen-bond acceptors (Lipinski definition) is 5. The van der Waals surface area contributed by atoms with Crippen molar-refractivity contribution in [2.75, 3.05) is 6.54 Å². The Morgan fingerprint density at radius 3 is 2.83 bits per heavy atom. The highest BCUT2D eigenvalue weighted by molar-refractivity contribution is 8.00. The SMILES string of the molecule is CC(C)CNC(=O)[C@@H](C)Sc1nnnn1C1CC1. The molecule has 1 aliphatic rings. The fourth-order valence-corrected chi connectivity index (χ4v) is 2.36. The van der Waals surface area contributed by atoms with Gasteiger partial charge in [-0.05, 0) is 36.1 Å². The number of aromatic nitrogens is 4. The molecule has 1 aliphatic carbocycles. The fraction of sp³-hybridized carbons (Fsp3) is 0.818. The molecule has 1 saturated carbocycles. The molecule has 1 atom stereocenters. The normalized spacial score (nSPS) is 16.9. The van der Waals surface area contributed by atoms with Gasteiger partial charge in [0.2, 0.25) is 11.1 Å². The Hall–Kier alpha value is -1.11. The summed E-state index contributed by atoms with van der Waals surface area (Å²) in [5.41, 5.74) is 0. The average molecular weight is 269 g/mol. The van der Waals surface area contributed by atoms with Crippen molar-refractivity contribution < 1.29 is 4.79 Å². The zero-order chi connectivity index (χ0) is 13.1. The Labute approximate surface area is 111 Å². The molecule has 0 saturated heterocycles. The molecule has 0 spiro atoms. The second kappa shape index (κ2) is 5.69. The van der Waals surface area contributed by atoms with Crippen LogP contribution in [0.4, 0.5) is 0 Å². The molecule has 1 heterocycles. The molecule has 18 heavy (non-hydrogen) atoms. The molecule has 1 amide bonds. The van der Waals surface area contributed by atoms with Crippen molar-refractivity contribution >= 4 is 17.7 Å². The van der Waals surface area contributed by atoms with Crippen molar-refractivity contribution in [3.63, 3.8) is 0 Å². The number of carbonyl (C=O) groups excluding carboxylic acids is 1. The van der Waals surface area contributed by atoms with Crippen LogP contribution in [0.25, 0.3) is 0 Å². The monoisotopic (exact) mass is 269 g/mol. The highest BCUT2D eigenvalue weighted by atomic mass is 32.2. The molecule has 1 aromatic rings. The van der Waals surface area contributed by atoms with Crippen LogP contribution in [0.2, 0.25) is 0 Å². The van der Waals surface area contributed by atoms with Crippen molar-refractivity contribution in [2.45, 2.75) is 50.1 Å². The van der Waals surface area contributed by atoms with E-state index in [0.29, 0.717) is 18.5 Å². The van der Waals surface area contributed by atoms with Crippen LogP contribution in [0.15, 0.2) is 5.16 Å². The molecule has 1 fully saturated rings. The molecule has 0 aromatic carbocycles. The van der Waals surface area contributed by atoms with Gasteiger partial charge in [-0.3, -0.25) is 4.79 Å². The van der Waals surface area contributed by atoms with E-state index in [0.717, 1.165) is 18.0 Å². The Morgan fingerprint density at radius 1 is 1.50 bits per heavy atom. The molecular weight excluding hydrogens is 250 g/mol. The van der Waals surface area contributed by atoms with Crippen LogP contribution in [-0.4, -0.2) is 37.9 Å². The summed E-state index contributed by atoms with van der Waals surface area (Å²) in [4.78, 5) is 11.9. The zero-order valence-electron chi connectivity index (χ0n) is 11.0. The predicted octanol–water partition coefficient (Wildman–Crippen LogP) is 1.26. The van der Waals surface area contributed by atoms with E-state index < -0.39 is 0 Å². The first-order valence-electron chi connectivity index (χ1n) is 6.30. The van der Waals surface area contributed by atoms with Crippen LogP contribution >= 0.6 is 11.8 Å². The molecule has 1 aromatic heterocycles. The van der Waals surface area contributed by atoms with E-state index in [2.05, 4.69) is 34.7 Å². The van der Waals surface area contributed by atoms with Crippen LogP contribution in [0.5, 0.6) is 0 Å². The van der Waals surface area contributed by atoms with Crippen LogP contribution in [0.1, 0.15) is 39.7 Å². The number of hydrogen-bond donors (Lipinski definition) is 1. The number of amides is 1. The summed E-state index contributed by atoms with van der Waals surface area (Å²) >= 11 is 1.42. The summed E-state index contributed by atoms with van der Waals surface area (Å²) in [5.74, 6) is 0.502. The predicted molar refractivity (Wildman–Crippen MR) is 69.3 cm³/mol. The lowest BCUT2D eigenvalue weighted by Gasteiger charge is -2.12. The number of carbonyl (C=O) groups is 1. The van der Waals surface area contributed by atoms with E-state index in [1.807, 2.05) is 11.6 Å². The van der Waals surface area contributed by atoms with Gasteiger partial charge in [-0.1, -0.05) is 25.6 Å². The van der Waals surface area contributed by atoms with Crippen LogP contribution in [-0.2, 0) is 4.79 Å². The van der Waals surface area contributed by atoms with E-state index in [4.69, 9.17) is 0 Å². The quantitative estimate of drug-likeness (QED) is 0.787. The van der Waals surface area contributed by atoms with Gasteiger partial charge in [-0.2, -0.15) is 0 Å². The molecule has 0 radical (unpaired) electrons. The van der Waals surface area contributed by atoms with E-state index in [1.165, 1.54) is 11.8 Å². The van der Waals surface area contributed by atoms with Gasteiger partial charge in [-0.15, -0.1) is 5.10 Å². The summed E-state index contributed by atoms with van der Waals surface area (Å²) < 4.78 is 1.83. The van der Waals surface area contributed by atoms with E-state index in [9.17, 15) is 4.79 Å². The summed E-state index contributed by atoms with van der Waals surface area (Å²) in [5, 5.41) is 15.1. The Bertz CT molecular complexity index is 415. The van der Waals surface area contributed by atoms with Gasteiger partial charge in [0, 0.05) is 6.54 Å². The number of nitrogens with one attached hydrogen (secondary N) is 1. The molecule has 0 aliphatic heterocycles. The summed E-state index contributed by atoms with van der Waals surface area (Å²) in [6, 6.07) is 0.438. The van der Waals surface area contributed by atoms with Gasteiger partial charge in [0.15, 0.2) is 0 Å². The Balaban J connectivity index is 1.87. The second-order valence-electron chi connectivity index (χ2n) is 5.04. The minimum atomic E-state index is -0.174. The fourth-order valence-electron chi connectivity index (χ4n) is 1.47. The minimum Gasteiger partial charge on any atom is -0.355 e. The molecule has 7 heteroatoms. The molecule has 0 unspecified atom stereocenters. The maximum Gasteiger partial charge on any atom is 0.233 e. The largest absolute Gasteiger partial charge is 0.355 e. The molecule has 6 nitrogen and oxygen atoms in total. The van der Waals surface area contributed by atoms with E-state index in [-0.39, 0.29) is 11.2 Å². The third-order valence-corrected chi connectivity index (χ3v) is 3.74. The Kier molecular flexibility index (Phi) is 4.21. The van der Waals surface area contributed by atoms with Crippen LogP contribution in [0, 0.1) is 5.92 Å². The molecular formula is C11H19N5OS. The van der Waals surface area contributed by atoms with Crippen LogP contribution in [0.3, 0.4) is 0 Å². The Morgan fingerprint density at radius 2 is 2.22 bits per heavy atom. The van der Waals surface area contributed by atoms with Gasteiger partial charge in [0.25, 0.3) is 0 Å². The standard InChI is InChI=1S/C11H19N5OS/c1-7(2)6-12-10(17)8(3)18-11-13-14-15-16(11)9-4-5-9/h7-9H,4-6H2,1-3H3,(H,12,17)/t8-/m1/s1. The number of thioether (sulfide) groups is 1. The van der Waals surface area contributed by atoms with Gasteiger partial charge in [-0.25, -0.2) is 4.68 Å². The van der Waals surface area contributed by atoms with Crippen molar-refractivity contribution in [3.05, 3.63) is 0 Å². The molecule has 2 rings (SSSR count). The lowest BCUT2D eigenvalue weighted by molar-refractivity contribution is -0.120. The van der Waals surface area contributed by atoms with Crippen LogP contribution < -0.4 is 5.32 Å². The van der Waals surface area contributed by atoms with Gasteiger partial charge < -0.3 is 5.32 Å². The molecule has 1 N–H and O–H groups in total. The first-order valence-corrected chi connectivity index (χ1v) is 7.18. The number of tetrazole rings is 1. The average Bonchev–Trinajstić information content (AvgIpc) is 3.07. The first kappa shape index (κ1) is 13.3. The molecule has 100 valence electrons. The summed E-state index contributed by atoms with van der Waals surface area (Å²) in [7, 11) is 0. The number of nitrogens with zero attached hydrogens (tertiary/aromatic N) is 4. The maximum atomic E-state index is 11.9. The highest BCUT2D eigenvalue weighted by Gasteiger charge is 2.29. The lowest BCUT2D eigenvalue weighted by atomic mass is 10.2. The lowest BCUT2D eigenvalue weighted by Crippen LogP contribution is -2.33. The van der Waals surface area contributed by atoms with Gasteiger partial charge in [0.05, 0.1) is 11.3 Å². The molecule has 0 bridgehead atoms. The third-order valence-electron chi connectivity index (χ3n) is 2.69. The van der Waals surface area contributed by atoms with Crippen molar-refractivity contribution in [1.82, 2.24) is 25.5 Å². The third kappa shape index (κ3) is 3.44. The topological polar surface area (TPSA) is 72.7 Å². The second-order valence-corrected chi connectivity index (χ2v) is 6.34. The summed E-state index contributed by atoms with van der Waals surface area (Å²) in [6.45, 7) is 6.74. The minimum absolute atomic E-state index is 0.0408. The smallest absolute Gasteiger partial charge is 0.233 e. The highest BCUT2D eigenvalue weighted by Crippen LogP contribution is 2.37. The van der Waals surface area contributed by atoms with Crippen molar-refractivity contribution in [2.24, 2.45) is 5.92 Å². The van der Waals surface area contributed by atoms with E-state index >= 15 is 0 Å².